The number of nitrogens with zero attached hydrogens (tertiary/aromatic N) is 2. The van der Waals surface area contributed by atoms with E-state index in [1.165, 1.54) is 11.1 Å². The third-order valence-corrected chi connectivity index (χ3v) is 5.63. The minimum atomic E-state index is -0.176. The van der Waals surface area contributed by atoms with Gasteiger partial charge in [0.2, 0.25) is 0 Å². The Kier molecular flexibility index (Phi) is 5.98. The number of carbonyl (C=O) groups excluding carboxylic acids is 1. The molecule has 148 valence electrons. The summed E-state index contributed by atoms with van der Waals surface area (Å²) in [6.45, 7) is 1.31. The fraction of sp³-hybridized carbons (Fsp3) is 0.250. The molecule has 0 aliphatic carbocycles. The Morgan fingerprint density at radius 2 is 1.62 bits per heavy atom. The van der Waals surface area contributed by atoms with Gasteiger partial charge in [-0.05, 0) is 23.3 Å². The Bertz CT molecular complexity index is 919. The molecule has 0 bridgehead atoms. The van der Waals surface area contributed by atoms with Crippen LogP contribution in [0.4, 0.5) is 0 Å². The molecule has 1 aliphatic rings. The number of benzene rings is 2. The molecule has 1 fully saturated rings. The summed E-state index contributed by atoms with van der Waals surface area (Å²) in [6.07, 6.45) is 1.62. The van der Waals surface area contributed by atoms with E-state index in [-0.39, 0.29) is 30.5 Å². The summed E-state index contributed by atoms with van der Waals surface area (Å²) >= 11 is 0. The lowest BCUT2D eigenvalue weighted by Crippen LogP contribution is -2.66. The highest BCUT2D eigenvalue weighted by Crippen LogP contribution is 2.41. The Hall–Kier alpha value is -3.02. The summed E-state index contributed by atoms with van der Waals surface area (Å²) in [4.78, 5) is 18.9. The van der Waals surface area contributed by atoms with Gasteiger partial charge in [-0.1, -0.05) is 66.7 Å². The average molecular weight is 387 g/mol. The van der Waals surface area contributed by atoms with Gasteiger partial charge >= 0.3 is 0 Å². The Balaban J connectivity index is 1.53. The van der Waals surface area contributed by atoms with Crippen LogP contribution in [0.15, 0.2) is 85.1 Å². The Morgan fingerprint density at radius 3 is 2.28 bits per heavy atom. The van der Waals surface area contributed by atoms with Gasteiger partial charge in [-0.25, -0.2) is 0 Å². The van der Waals surface area contributed by atoms with Crippen LogP contribution in [0.2, 0.25) is 0 Å². The Morgan fingerprint density at radius 1 is 0.931 bits per heavy atom. The van der Waals surface area contributed by atoms with E-state index in [0.29, 0.717) is 12.2 Å². The number of aliphatic hydroxyl groups excluding tert-OH is 1. The molecule has 3 atom stereocenters. The molecule has 1 aliphatic heterocycles. The van der Waals surface area contributed by atoms with Crippen molar-refractivity contribution in [2.45, 2.75) is 24.5 Å². The molecule has 1 aromatic heterocycles. The van der Waals surface area contributed by atoms with Crippen LogP contribution in [-0.2, 0) is 6.54 Å². The van der Waals surface area contributed by atoms with Crippen molar-refractivity contribution < 1.29 is 9.90 Å². The molecule has 0 unspecified atom stereocenters. The molecule has 1 saturated heterocycles. The molecule has 0 saturated carbocycles. The number of pyridine rings is 1. The van der Waals surface area contributed by atoms with Crippen molar-refractivity contribution in [3.8, 4) is 0 Å². The summed E-state index contributed by atoms with van der Waals surface area (Å²) in [5, 5.41) is 13.1. The summed E-state index contributed by atoms with van der Waals surface area (Å²) in [5.74, 6) is -0.0153. The number of hydrogen-bond donors (Lipinski definition) is 2. The first kappa shape index (κ1) is 19.3. The smallest absolute Gasteiger partial charge is 0.269 e. The first-order chi connectivity index (χ1) is 14.3. The first-order valence-electron chi connectivity index (χ1n) is 9.92. The minimum absolute atomic E-state index is 0.0226. The average Bonchev–Trinajstić information content (AvgIpc) is 2.78. The zero-order valence-electron chi connectivity index (χ0n) is 16.2. The third kappa shape index (κ3) is 4.21. The number of amides is 1. The van der Waals surface area contributed by atoms with Crippen molar-refractivity contribution in [2.75, 3.05) is 13.2 Å². The highest BCUT2D eigenvalue weighted by atomic mass is 16.3. The van der Waals surface area contributed by atoms with Crippen LogP contribution < -0.4 is 5.32 Å². The predicted molar refractivity (Wildman–Crippen MR) is 112 cm³/mol. The van der Waals surface area contributed by atoms with Crippen LogP contribution in [0.3, 0.4) is 0 Å². The highest BCUT2D eigenvalue weighted by Gasteiger charge is 2.48. The van der Waals surface area contributed by atoms with Gasteiger partial charge in [-0.2, -0.15) is 0 Å². The van der Waals surface area contributed by atoms with Crippen molar-refractivity contribution in [3.63, 3.8) is 0 Å². The second-order valence-electron chi connectivity index (χ2n) is 7.34. The van der Waals surface area contributed by atoms with Gasteiger partial charge in [0.05, 0.1) is 6.61 Å². The maximum Gasteiger partial charge on any atom is 0.269 e. The van der Waals surface area contributed by atoms with Crippen molar-refractivity contribution in [3.05, 3.63) is 102 Å². The van der Waals surface area contributed by atoms with Crippen LogP contribution in [0.25, 0.3) is 0 Å². The molecule has 0 radical (unpaired) electrons. The topological polar surface area (TPSA) is 65.5 Å². The predicted octanol–water partition coefficient (Wildman–Crippen LogP) is 2.84. The standard InChI is InChI=1S/C24H25N3O2/c28-17-22-23(19-11-5-2-6-12-19)21(27(22)16-18-9-3-1-4-10-18)15-26-24(29)20-13-7-8-14-25-20/h1-14,21-23,28H,15-17H2,(H,26,29)/t21-,22-,23-/m1/s1. The van der Waals surface area contributed by atoms with Gasteiger partial charge in [-0.3, -0.25) is 14.7 Å². The maximum absolute atomic E-state index is 12.5. The van der Waals surface area contributed by atoms with Gasteiger partial charge in [0.1, 0.15) is 5.69 Å². The SMILES string of the molecule is O=C(NC[C@@H]1[C@@H](c2ccccc2)[C@@H](CO)N1Cc1ccccc1)c1ccccn1. The van der Waals surface area contributed by atoms with Gasteiger partial charge < -0.3 is 10.4 Å². The number of hydrogen-bond acceptors (Lipinski definition) is 4. The number of aliphatic hydroxyl groups is 1. The van der Waals surface area contributed by atoms with Gasteiger partial charge in [0, 0.05) is 37.3 Å². The van der Waals surface area contributed by atoms with Gasteiger partial charge in [0.15, 0.2) is 0 Å². The highest BCUT2D eigenvalue weighted by molar-refractivity contribution is 5.92. The lowest BCUT2D eigenvalue weighted by atomic mass is 9.74. The molecule has 0 spiro atoms. The molecule has 4 rings (SSSR count). The zero-order valence-corrected chi connectivity index (χ0v) is 16.2. The zero-order chi connectivity index (χ0) is 20.1. The molecule has 2 N–H and O–H groups in total. The van der Waals surface area contributed by atoms with Gasteiger partial charge in [-0.15, -0.1) is 0 Å². The molecule has 29 heavy (non-hydrogen) atoms. The second kappa shape index (κ2) is 8.99. The van der Waals surface area contributed by atoms with Crippen molar-refractivity contribution in [1.29, 1.82) is 0 Å². The number of likely N-dealkylation sites (tertiary alicyclic amines) is 1. The van der Waals surface area contributed by atoms with E-state index in [1.54, 1.807) is 18.3 Å². The van der Waals surface area contributed by atoms with E-state index in [4.69, 9.17) is 0 Å². The largest absolute Gasteiger partial charge is 0.395 e. The van der Waals surface area contributed by atoms with Gasteiger partial charge in [0.25, 0.3) is 5.91 Å². The lowest BCUT2D eigenvalue weighted by Gasteiger charge is -2.55. The van der Waals surface area contributed by atoms with Crippen molar-refractivity contribution >= 4 is 5.91 Å². The molecule has 1 amide bonds. The van der Waals surface area contributed by atoms with Crippen LogP contribution in [0.1, 0.15) is 27.5 Å². The minimum Gasteiger partial charge on any atom is -0.395 e. The molecule has 5 nitrogen and oxygen atoms in total. The lowest BCUT2D eigenvalue weighted by molar-refractivity contribution is -0.0482. The summed E-state index contributed by atoms with van der Waals surface area (Å²) < 4.78 is 0. The summed E-state index contributed by atoms with van der Waals surface area (Å²) in [6, 6.07) is 25.9. The molecule has 5 heteroatoms. The van der Waals surface area contributed by atoms with Crippen molar-refractivity contribution in [2.24, 2.45) is 0 Å². The molecule has 2 aromatic carbocycles. The summed E-state index contributed by atoms with van der Waals surface area (Å²) in [5.41, 5.74) is 2.79. The third-order valence-electron chi connectivity index (χ3n) is 5.63. The van der Waals surface area contributed by atoms with E-state index >= 15 is 0 Å². The quantitative estimate of drug-likeness (QED) is 0.654. The maximum atomic E-state index is 12.5. The van der Waals surface area contributed by atoms with E-state index in [0.717, 1.165) is 6.54 Å². The molecule has 3 aromatic rings. The van der Waals surface area contributed by atoms with Crippen molar-refractivity contribution in [1.82, 2.24) is 15.2 Å². The number of carbonyl (C=O) groups is 1. The molecular formula is C24H25N3O2. The van der Waals surface area contributed by atoms with E-state index in [2.05, 4.69) is 39.5 Å². The fourth-order valence-corrected chi connectivity index (χ4v) is 4.21. The van der Waals surface area contributed by atoms with Crippen LogP contribution in [0.5, 0.6) is 0 Å². The molecule has 2 heterocycles. The number of aromatic nitrogens is 1. The number of nitrogens with one attached hydrogen (secondary N) is 1. The second-order valence-corrected chi connectivity index (χ2v) is 7.34. The van der Waals surface area contributed by atoms with Crippen LogP contribution in [-0.4, -0.2) is 46.1 Å². The monoisotopic (exact) mass is 387 g/mol. The summed E-state index contributed by atoms with van der Waals surface area (Å²) in [7, 11) is 0. The number of rotatable bonds is 7. The Labute approximate surface area is 171 Å². The van der Waals surface area contributed by atoms with E-state index < -0.39 is 0 Å². The van der Waals surface area contributed by atoms with E-state index in [1.807, 2.05) is 42.5 Å². The van der Waals surface area contributed by atoms with Crippen LogP contribution >= 0.6 is 0 Å². The fourth-order valence-electron chi connectivity index (χ4n) is 4.21. The molecular weight excluding hydrogens is 362 g/mol. The normalized spacial score (nSPS) is 21.3. The van der Waals surface area contributed by atoms with Crippen LogP contribution in [0, 0.1) is 0 Å². The van der Waals surface area contributed by atoms with E-state index in [9.17, 15) is 9.90 Å². The first-order valence-corrected chi connectivity index (χ1v) is 9.92.